The molecule has 0 fully saturated rings. The van der Waals surface area contributed by atoms with Gasteiger partial charge in [0, 0.05) is 51.6 Å². The van der Waals surface area contributed by atoms with E-state index in [2.05, 4.69) is 15.0 Å². The van der Waals surface area contributed by atoms with Crippen LogP contribution in [0.25, 0.3) is 43.8 Å². The first-order valence-corrected chi connectivity index (χ1v) is 15.2. The summed E-state index contributed by atoms with van der Waals surface area (Å²) in [5.74, 6) is -2.04. The molecular weight excluding hydrogens is 608 g/mol. The average Bonchev–Trinajstić information content (AvgIpc) is 3.71. The van der Waals surface area contributed by atoms with Crippen molar-refractivity contribution < 1.29 is 29.0 Å². The summed E-state index contributed by atoms with van der Waals surface area (Å²) >= 11 is 0. The normalized spacial score (nSPS) is 12.0. The lowest BCUT2D eigenvalue weighted by Crippen LogP contribution is -2.34. The fourth-order valence-electron chi connectivity index (χ4n) is 6.17. The summed E-state index contributed by atoms with van der Waals surface area (Å²) in [6, 6.07) is 25.8. The number of ketones is 1. The number of methoxy groups -OCH3 is 1. The van der Waals surface area contributed by atoms with Gasteiger partial charge in [-0.1, -0.05) is 60.7 Å². The Morgan fingerprint density at radius 3 is 2.44 bits per heavy atom. The Morgan fingerprint density at radius 1 is 0.854 bits per heavy atom. The zero-order valence-corrected chi connectivity index (χ0v) is 25.8. The number of benzene rings is 4. The first-order chi connectivity index (χ1) is 23.3. The Balaban J connectivity index is 1.27. The predicted octanol–water partition coefficient (Wildman–Crippen LogP) is 6.20. The lowest BCUT2D eigenvalue weighted by atomic mass is 9.90. The summed E-state index contributed by atoms with van der Waals surface area (Å²) in [5, 5.41) is 13.2. The minimum absolute atomic E-state index is 0.0863. The highest BCUT2D eigenvalue weighted by atomic mass is 16.5. The van der Waals surface area contributed by atoms with Gasteiger partial charge in [0.25, 0.3) is 0 Å². The molecule has 10 nitrogen and oxygen atoms in total. The number of carbonyl (C=O) groups excluding carboxylic acids is 3. The Morgan fingerprint density at radius 2 is 1.62 bits per heavy atom. The zero-order chi connectivity index (χ0) is 33.4. The Bertz CT molecular complexity index is 2370. The number of ether oxygens (including phenoxy) is 2. The fourth-order valence-corrected chi connectivity index (χ4v) is 6.17. The summed E-state index contributed by atoms with van der Waals surface area (Å²) < 4.78 is 10.6. The topological polar surface area (TPSA) is 160 Å². The Hall–Kier alpha value is -6.26. The van der Waals surface area contributed by atoms with Crippen LogP contribution in [0.2, 0.25) is 0 Å². The molecule has 3 aromatic heterocycles. The van der Waals surface area contributed by atoms with Gasteiger partial charge in [-0.15, -0.1) is 0 Å². The number of nitrogens with two attached hydrogens (primary N) is 1. The highest BCUT2D eigenvalue weighted by molar-refractivity contribution is 6.21. The summed E-state index contributed by atoms with van der Waals surface area (Å²) in [6.45, 7) is -0.213. The van der Waals surface area contributed by atoms with E-state index in [1.165, 1.54) is 19.2 Å². The van der Waals surface area contributed by atoms with Crippen molar-refractivity contribution in [3.63, 3.8) is 0 Å². The lowest BCUT2D eigenvalue weighted by Gasteiger charge is -2.17. The number of aromatic hydroxyl groups is 1. The molecule has 238 valence electrons. The van der Waals surface area contributed by atoms with Gasteiger partial charge in [-0.2, -0.15) is 0 Å². The molecule has 0 aliphatic heterocycles. The molecule has 0 radical (unpaired) electrons. The number of nitrogens with zero attached hydrogens (tertiary/aromatic N) is 1. The van der Waals surface area contributed by atoms with Crippen LogP contribution in [0.1, 0.15) is 37.5 Å². The van der Waals surface area contributed by atoms with E-state index in [-0.39, 0.29) is 41.4 Å². The number of rotatable bonds is 9. The van der Waals surface area contributed by atoms with Crippen LogP contribution in [0, 0.1) is 0 Å². The van der Waals surface area contributed by atoms with E-state index in [4.69, 9.17) is 15.2 Å². The van der Waals surface area contributed by atoms with Gasteiger partial charge in [-0.3, -0.25) is 14.6 Å². The molecule has 4 aromatic carbocycles. The molecule has 0 aliphatic rings. The Kier molecular flexibility index (Phi) is 7.92. The zero-order valence-electron chi connectivity index (χ0n) is 25.8. The SMILES string of the molecule is COC(=O)c1cc(-c2c(COC(=O)C(N)Cc3c[nH]c4ccccc34)cccc2C(=O)c2nccc3c2[nH]c2ccccc23)ccc1O. The maximum atomic E-state index is 14.4. The number of nitrogens with one attached hydrogen (secondary N) is 2. The minimum Gasteiger partial charge on any atom is -0.507 e. The number of H-pyrrole nitrogens is 2. The van der Waals surface area contributed by atoms with Crippen LogP contribution >= 0.6 is 0 Å². The molecule has 3 heterocycles. The van der Waals surface area contributed by atoms with E-state index in [9.17, 15) is 19.5 Å². The molecule has 7 aromatic rings. The van der Waals surface area contributed by atoms with Gasteiger partial charge >= 0.3 is 11.9 Å². The number of aromatic nitrogens is 3. The van der Waals surface area contributed by atoms with Gasteiger partial charge in [-0.25, -0.2) is 4.79 Å². The molecule has 1 atom stereocenters. The van der Waals surface area contributed by atoms with Crippen LogP contribution < -0.4 is 5.73 Å². The van der Waals surface area contributed by atoms with E-state index in [1.807, 2.05) is 60.8 Å². The summed E-state index contributed by atoms with van der Waals surface area (Å²) in [5.41, 5.74) is 11.3. The van der Waals surface area contributed by atoms with Crippen molar-refractivity contribution >= 4 is 50.4 Å². The second-order valence-corrected chi connectivity index (χ2v) is 11.4. The van der Waals surface area contributed by atoms with Gasteiger partial charge in [0.2, 0.25) is 5.78 Å². The third-order valence-corrected chi connectivity index (χ3v) is 8.52. The van der Waals surface area contributed by atoms with Gasteiger partial charge < -0.3 is 30.3 Å². The first kappa shape index (κ1) is 30.4. The van der Waals surface area contributed by atoms with Crippen molar-refractivity contribution in [2.24, 2.45) is 5.73 Å². The standard InChI is InChI=1S/C38H30N4O6/c1-47-37(45)28-17-21(13-14-32(28)43)33-22(20-48-38(46)29(39)18-23-19-41-30-11-4-2-8-24(23)30)7-6-10-27(33)36(44)35-34-26(15-16-40-35)25-9-3-5-12-31(25)42-34/h2-17,19,29,41-43H,18,20,39H2,1H3. The molecule has 0 amide bonds. The quantitative estimate of drug-likeness (QED) is 0.107. The van der Waals surface area contributed by atoms with E-state index < -0.39 is 18.0 Å². The summed E-state index contributed by atoms with van der Waals surface area (Å²) in [6.07, 6.45) is 3.68. The monoisotopic (exact) mass is 638 g/mol. The Labute approximate surface area is 274 Å². The van der Waals surface area contributed by atoms with Crippen LogP contribution in [0.4, 0.5) is 0 Å². The van der Waals surface area contributed by atoms with Gasteiger partial charge in [0.05, 0.1) is 12.6 Å². The second kappa shape index (κ2) is 12.5. The van der Waals surface area contributed by atoms with Crippen molar-refractivity contribution in [2.45, 2.75) is 19.1 Å². The van der Waals surface area contributed by atoms with Crippen LogP contribution in [-0.2, 0) is 27.3 Å². The summed E-state index contributed by atoms with van der Waals surface area (Å²) in [4.78, 5) is 51.1. The highest BCUT2D eigenvalue weighted by Crippen LogP contribution is 2.35. The van der Waals surface area contributed by atoms with E-state index in [0.29, 0.717) is 22.2 Å². The van der Waals surface area contributed by atoms with Crippen molar-refractivity contribution in [2.75, 3.05) is 7.11 Å². The fraction of sp³-hybridized carbons (Fsp3) is 0.105. The largest absolute Gasteiger partial charge is 0.507 e. The van der Waals surface area contributed by atoms with Crippen molar-refractivity contribution in [1.82, 2.24) is 15.0 Å². The van der Waals surface area contributed by atoms with Gasteiger partial charge in [-0.05, 0) is 52.6 Å². The molecule has 10 heteroatoms. The van der Waals surface area contributed by atoms with Crippen LogP contribution in [0.15, 0.2) is 103 Å². The van der Waals surface area contributed by atoms with Crippen molar-refractivity contribution in [3.05, 3.63) is 131 Å². The number of para-hydroxylation sites is 2. The maximum Gasteiger partial charge on any atom is 0.341 e. The molecule has 0 spiro atoms. The third kappa shape index (κ3) is 5.44. The number of hydrogen-bond acceptors (Lipinski definition) is 8. The molecule has 5 N–H and O–H groups in total. The predicted molar refractivity (Wildman–Crippen MR) is 182 cm³/mol. The molecule has 0 bridgehead atoms. The lowest BCUT2D eigenvalue weighted by molar-refractivity contribution is -0.146. The molecular formula is C38H30N4O6. The molecule has 7 rings (SSSR count). The third-order valence-electron chi connectivity index (χ3n) is 8.52. The first-order valence-electron chi connectivity index (χ1n) is 15.2. The molecule has 48 heavy (non-hydrogen) atoms. The second-order valence-electron chi connectivity index (χ2n) is 11.4. The molecule has 1 unspecified atom stereocenters. The average molecular weight is 639 g/mol. The number of fused-ring (bicyclic) bond motifs is 4. The number of phenolic OH excluding ortho intramolecular Hbond substituents is 1. The van der Waals surface area contributed by atoms with Crippen LogP contribution in [-0.4, -0.2) is 50.9 Å². The van der Waals surface area contributed by atoms with Crippen molar-refractivity contribution in [1.29, 1.82) is 0 Å². The highest BCUT2D eigenvalue weighted by Gasteiger charge is 2.25. The summed E-state index contributed by atoms with van der Waals surface area (Å²) in [7, 11) is 1.21. The maximum absolute atomic E-state index is 14.4. The number of esters is 2. The van der Waals surface area contributed by atoms with Crippen LogP contribution in [0.3, 0.4) is 0 Å². The van der Waals surface area contributed by atoms with Crippen LogP contribution in [0.5, 0.6) is 5.75 Å². The number of aromatic amines is 2. The van der Waals surface area contributed by atoms with E-state index in [0.717, 1.165) is 32.8 Å². The van der Waals surface area contributed by atoms with E-state index >= 15 is 0 Å². The number of carbonyl (C=O) groups is 3. The molecule has 0 saturated heterocycles. The van der Waals surface area contributed by atoms with Gasteiger partial charge in [0.1, 0.15) is 29.7 Å². The van der Waals surface area contributed by atoms with Gasteiger partial charge in [0.15, 0.2) is 0 Å². The minimum atomic E-state index is -0.944. The van der Waals surface area contributed by atoms with E-state index in [1.54, 1.807) is 30.5 Å². The molecule has 0 saturated carbocycles. The number of hydrogen-bond donors (Lipinski definition) is 4. The number of phenols is 1. The van der Waals surface area contributed by atoms with Crippen molar-refractivity contribution in [3.8, 4) is 16.9 Å². The number of pyridine rings is 1. The molecule has 0 aliphatic carbocycles. The smallest absolute Gasteiger partial charge is 0.341 e.